The Morgan fingerprint density at radius 1 is 1.00 bits per heavy atom. The fourth-order valence-electron chi connectivity index (χ4n) is 3.09. The first-order valence-electron chi connectivity index (χ1n) is 8.51. The lowest BCUT2D eigenvalue weighted by atomic mass is 9.99. The Kier molecular flexibility index (Phi) is 5.31. The molecular weight excluding hydrogens is 330 g/mol. The van der Waals surface area contributed by atoms with Crippen molar-refractivity contribution in [1.82, 2.24) is 4.90 Å². The van der Waals surface area contributed by atoms with Gasteiger partial charge in [0.1, 0.15) is 0 Å². The minimum absolute atomic E-state index is 0.00462. The molecule has 0 unspecified atom stereocenters. The smallest absolute Gasteiger partial charge is 0.243 e. The molecule has 1 fully saturated rings. The van der Waals surface area contributed by atoms with Crippen LogP contribution in [-0.4, -0.2) is 35.7 Å². The van der Waals surface area contributed by atoms with Gasteiger partial charge in [-0.3, -0.25) is 14.4 Å². The summed E-state index contributed by atoms with van der Waals surface area (Å²) in [4.78, 5) is 37.1. The number of likely N-dealkylation sites (tertiary alicyclic amines) is 1. The Labute approximate surface area is 152 Å². The third-order valence-electron chi connectivity index (χ3n) is 4.31. The Morgan fingerprint density at radius 3 is 2.23 bits per heavy atom. The molecule has 3 rings (SSSR count). The van der Waals surface area contributed by atoms with E-state index in [-0.39, 0.29) is 30.2 Å². The van der Waals surface area contributed by atoms with Gasteiger partial charge < -0.3 is 15.5 Å². The Hall–Kier alpha value is -3.15. The SMILES string of the molecule is CC(=O)Nc1ccc(NC(=O)CN2C[C@H](c3ccccc3)CC2=O)cc1. The number of hydrogen-bond acceptors (Lipinski definition) is 3. The molecule has 0 aliphatic carbocycles. The molecule has 0 saturated carbocycles. The maximum Gasteiger partial charge on any atom is 0.243 e. The molecule has 2 aromatic rings. The number of nitrogens with one attached hydrogen (secondary N) is 2. The summed E-state index contributed by atoms with van der Waals surface area (Å²) in [7, 11) is 0. The summed E-state index contributed by atoms with van der Waals surface area (Å²) in [6.07, 6.45) is 0.433. The van der Waals surface area contributed by atoms with Crippen LogP contribution in [-0.2, 0) is 14.4 Å². The Balaban J connectivity index is 1.55. The number of hydrogen-bond donors (Lipinski definition) is 2. The van der Waals surface area contributed by atoms with E-state index < -0.39 is 0 Å². The molecule has 3 amide bonds. The van der Waals surface area contributed by atoms with Crippen molar-refractivity contribution in [3.8, 4) is 0 Å². The predicted octanol–water partition coefficient (Wildman–Crippen LogP) is 2.60. The molecule has 26 heavy (non-hydrogen) atoms. The van der Waals surface area contributed by atoms with Crippen LogP contribution in [0.2, 0.25) is 0 Å². The van der Waals surface area contributed by atoms with Crippen LogP contribution in [0.4, 0.5) is 11.4 Å². The maximum atomic E-state index is 12.2. The van der Waals surface area contributed by atoms with Crippen LogP contribution in [0.1, 0.15) is 24.8 Å². The number of carbonyl (C=O) groups is 3. The summed E-state index contributed by atoms with van der Waals surface area (Å²) in [5.74, 6) is -0.259. The van der Waals surface area contributed by atoms with Crippen molar-refractivity contribution in [3.63, 3.8) is 0 Å². The molecule has 0 radical (unpaired) electrons. The van der Waals surface area contributed by atoms with Gasteiger partial charge in [0.15, 0.2) is 0 Å². The molecule has 1 atom stereocenters. The van der Waals surface area contributed by atoms with Gasteiger partial charge in [0.05, 0.1) is 6.54 Å². The lowest BCUT2D eigenvalue weighted by Gasteiger charge is -2.16. The van der Waals surface area contributed by atoms with Gasteiger partial charge in [-0.2, -0.15) is 0 Å². The van der Waals surface area contributed by atoms with Gasteiger partial charge in [-0.15, -0.1) is 0 Å². The van der Waals surface area contributed by atoms with Crippen molar-refractivity contribution < 1.29 is 14.4 Å². The summed E-state index contributed by atoms with van der Waals surface area (Å²) in [6, 6.07) is 16.7. The second kappa shape index (κ2) is 7.82. The first-order valence-corrected chi connectivity index (χ1v) is 8.51. The van der Waals surface area contributed by atoms with Crippen molar-refractivity contribution in [1.29, 1.82) is 0 Å². The maximum absolute atomic E-state index is 12.2. The fourth-order valence-corrected chi connectivity index (χ4v) is 3.09. The van der Waals surface area contributed by atoms with Crippen molar-refractivity contribution in [2.24, 2.45) is 0 Å². The van der Waals surface area contributed by atoms with E-state index in [2.05, 4.69) is 10.6 Å². The summed E-state index contributed by atoms with van der Waals surface area (Å²) in [5.41, 5.74) is 2.41. The largest absolute Gasteiger partial charge is 0.333 e. The van der Waals surface area contributed by atoms with E-state index in [1.54, 1.807) is 29.2 Å². The molecule has 1 aliphatic heterocycles. The molecule has 0 bridgehead atoms. The van der Waals surface area contributed by atoms with Crippen LogP contribution < -0.4 is 10.6 Å². The van der Waals surface area contributed by atoms with Gasteiger partial charge in [0.2, 0.25) is 17.7 Å². The minimum atomic E-state index is -0.237. The van der Waals surface area contributed by atoms with Crippen molar-refractivity contribution in [2.75, 3.05) is 23.7 Å². The molecule has 0 aromatic heterocycles. The average molecular weight is 351 g/mol. The van der Waals surface area contributed by atoms with Gasteiger partial charge in [-0.1, -0.05) is 30.3 Å². The fraction of sp³-hybridized carbons (Fsp3) is 0.250. The van der Waals surface area contributed by atoms with E-state index in [1.165, 1.54) is 6.92 Å². The van der Waals surface area contributed by atoms with E-state index in [1.807, 2.05) is 30.3 Å². The molecule has 0 spiro atoms. The van der Waals surface area contributed by atoms with Gasteiger partial charge in [0.25, 0.3) is 0 Å². The van der Waals surface area contributed by atoms with Gasteiger partial charge in [-0.25, -0.2) is 0 Å². The molecule has 1 aliphatic rings. The van der Waals surface area contributed by atoms with Crippen LogP contribution in [0, 0.1) is 0 Å². The number of benzene rings is 2. The van der Waals surface area contributed by atoms with Crippen LogP contribution in [0.15, 0.2) is 54.6 Å². The van der Waals surface area contributed by atoms with E-state index in [0.717, 1.165) is 5.56 Å². The number of rotatable bonds is 5. The summed E-state index contributed by atoms with van der Waals surface area (Å²) in [5, 5.41) is 5.44. The molecule has 1 saturated heterocycles. The standard InChI is InChI=1S/C20H21N3O3/c1-14(24)21-17-7-9-18(10-8-17)22-19(25)13-23-12-16(11-20(23)26)15-5-3-2-4-6-15/h2-10,16H,11-13H2,1H3,(H,21,24)(H,22,25)/t16-/m1/s1. The van der Waals surface area contributed by atoms with Crippen LogP contribution in [0.5, 0.6) is 0 Å². The molecule has 134 valence electrons. The topological polar surface area (TPSA) is 78.5 Å². The molecule has 2 aromatic carbocycles. The number of nitrogens with zero attached hydrogens (tertiary/aromatic N) is 1. The number of carbonyl (C=O) groups excluding carboxylic acids is 3. The zero-order chi connectivity index (χ0) is 18.5. The first kappa shape index (κ1) is 17.7. The Bertz CT molecular complexity index is 803. The van der Waals surface area contributed by atoms with E-state index in [9.17, 15) is 14.4 Å². The van der Waals surface area contributed by atoms with Crippen LogP contribution in [0.25, 0.3) is 0 Å². The summed E-state index contributed by atoms with van der Waals surface area (Å²) >= 11 is 0. The van der Waals surface area contributed by atoms with Crippen molar-refractivity contribution in [2.45, 2.75) is 19.3 Å². The molecule has 1 heterocycles. The first-order chi connectivity index (χ1) is 12.5. The molecule has 2 N–H and O–H groups in total. The third kappa shape index (κ3) is 4.47. The normalized spacial score (nSPS) is 16.4. The van der Waals surface area contributed by atoms with Gasteiger partial charge >= 0.3 is 0 Å². The van der Waals surface area contributed by atoms with Gasteiger partial charge in [-0.05, 0) is 29.8 Å². The zero-order valence-corrected chi connectivity index (χ0v) is 14.6. The van der Waals surface area contributed by atoms with Crippen LogP contribution >= 0.6 is 0 Å². The predicted molar refractivity (Wildman–Crippen MR) is 99.8 cm³/mol. The highest BCUT2D eigenvalue weighted by atomic mass is 16.2. The second-order valence-corrected chi connectivity index (χ2v) is 6.39. The average Bonchev–Trinajstić information content (AvgIpc) is 2.97. The van der Waals surface area contributed by atoms with E-state index in [4.69, 9.17) is 0 Å². The summed E-state index contributed by atoms with van der Waals surface area (Å²) < 4.78 is 0. The van der Waals surface area contributed by atoms with Crippen molar-refractivity contribution >= 4 is 29.1 Å². The van der Waals surface area contributed by atoms with Crippen molar-refractivity contribution in [3.05, 3.63) is 60.2 Å². The lowest BCUT2D eigenvalue weighted by Crippen LogP contribution is -2.34. The number of anilines is 2. The lowest BCUT2D eigenvalue weighted by molar-refractivity contribution is -0.131. The highest BCUT2D eigenvalue weighted by Crippen LogP contribution is 2.27. The van der Waals surface area contributed by atoms with E-state index >= 15 is 0 Å². The van der Waals surface area contributed by atoms with E-state index in [0.29, 0.717) is 24.3 Å². The quantitative estimate of drug-likeness (QED) is 0.869. The minimum Gasteiger partial charge on any atom is -0.333 e. The highest BCUT2D eigenvalue weighted by Gasteiger charge is 2.31. The third-order valence-corrected chi connectivity index (χ3v) is 4.31. The highest BCUT2D eigenvalue weighted by molar-refractivity contribution is 5.95. The second-order valence-electron chi connectivity index (χ2n) is 6.39. The van der Waals surface area contributed by atoms with Gasteiger partial charge in [0, 0.05) is 37.2 Å². The summed E-state index contributed by atoms with van der Waals surface area (Å²) in [6.45, 7) is 2.03. The molecule has 6 nitrogen and oxygen atoms in total. The van der Waals surface area contributed by atoms with Crippen LogP contribution in [0.3, 0.4) is 0 Å². The number of amides is 3. The molecule has 6 heteroatoms. The Morgan fingerprint density at radius 2 is 1.62 bits per heavy atom. The zero-order valence-electron chi connectivity index (χ0n) is 14.6. The monoisotopic (exact) mass is 351 g/mol. The molecular formula is C20H21N3O3.